The zero-order valence-corrected chi connectivity index (χ0v) is 13.1. The number of H-pyrrole nitrogens is 1. The Kier molecular flexibility index (Phi) is 4.34. The zero-order chi connectivity index (χ0) is 16.2. The summed E-state index contributed by atoms with van der Waals surface area (Å²) in [5.41, 5.74) is 1.65. The van der Waals surface area contributed by atoms with Gasteiger partial charge in [0.15, 0.2) is 0 Å². The van der Waals surface area contributed by atoms with E-state index in [1.807, 2.05) is 36.4 Å². The largest absolute Gasteiger partial charge is 0.497 e. The fourth-order valence-electron chi connectivity index (χ4n) is 2.14. The second-order valence-electron chi connectivity index (χ2n) is 4.82. The number of hydrogen-bond donors (Lipinski definition) is 2. The van der Waals surface area contributed by atoms with Gasteiger partial charge in [-0.15, -0.1) is 0 Å². The first-order chi connectivity index (χ1) is 11.2. The van der Waals surface area contributed by atoms with Gasteiger partial charge in [-0.1, -0.05) is 11.6 Å². The molecule has 1 heterocycles. The van der Waals surface area contributed by atoms with Crippen LogP contribution >= 0.6 is 11.6 Å². The third-order valence-electron chi connectivity index (χ3n) is 3.37. The molecule has 2 aromatic carbocycles. The number of benzene rings is 2. The molecule has 0 saturated heterocycles. The Balaban J connectivity index is 1.83. The van der Waals surface area contributed by atoms with Crippen LogP contribution in [0.2, 0.25) is 5.02 Å². The highest BCUT2D eigenvalue weighted by Gasteiger charge is 2.22. The third kappa shape index (κ3) is 3.37. The highest BCUT2D eigenvalue weighted by Crippen LogP contribution is 2.14. The van der Waals surface area contributed by atoms with Gasteiger partial charge in [-0.2, -0.15) is 0 Å². The van der Waals surface area contributed by atoms with Gasteiger partial charge in [-0.3, -0.25) is 4.52 Å². The molecule has 1 aromatic heterocycles. The van der Waals surface area contributed by atoms with Crippen molar-refractivity contribution >= 4 is 17.3 Å². The highest BCUT2D eigenvalue weighted by molar-refractivity contribution is 6.30. The van der Waals surface area contributed by atoms with Crippen molar-refractivity contribution in [1.82, 2.24) is 5.27 Å². The van der Waals surface area contributed by atoms with E-state index in [4.69, 9.17) is 20.9 Å². The smallest absolute Gasteiger partial charge is 0.432 e. The molecule has 2 N–H and O–H groups in total. The van der Waals surface area contributed by atoms with E-state index >= 15 is 0 Å². The van der Waals surface area contributed by atoms with Crippen LogP contribution in [0.25, 0.3) is 5.69 Å². The van der Waals surface area contributed by atoms with Crippen molar-refractivity contribution in [2.75, 3.05) is 12.4 Å². The lowest BCUT2D eigenvalue weighted by Gasteiger charge is -2.02. The highest BCUT2D eigenvalue weighted by atomic mass is 35.5. The molecule has 7 heteroatoms. The van der Waals surface area contributed by atoms with Gasteiger partial charge in [0, 0.05) is 22.8 Å². The number of anilines is 1. The molecule has 0 saturated carbocycles. The Morgan fingerprint density at radius 1 is 1.17 bits per heavy atom. The van der Waals surface area contributed by atoms with E-state index in [-0.39, 0.29) is 0 Å². The van der Waals surface area contributed by atoms with Crippen LogP contribution in [0.1, 0.15) is 5.69 Å². The van der Waals surface area contributed by atoms with Crippen molar-refractivity contribution in [3.05, 3.63) is 69.7 Å². The summed E-state index contributed by atoms with van der Waals surface area (Å²) in [5, 5.41) is 6.42. The average molecular weight is 333 g/mol. The predicted molar refractivity (Wildman–Crippen MR) is 86.2 cm³/mol. The number of nitrogens with one attached hydrogen (secondary N) is 2. The van der Waals surface area contributed by atoms with E-state index in [9.17, 15) is 4.79 Å². The molecular weight excluding hydrogens is 318 g/mol. The molecule has 118 valence electrons. The van der Waals surface area contributed by atoms with Gasteiger partial charge in [0.25, 0.3) is 0 Å². The average Bonchev–Trinajstić information content (AvgIpc) is 2.95. The summed E-state index contributed by atoms with van der Waals surface area (Å²) in [6.07, 6.45) is 0. The summed E-state index contributed by atoms with van der Waals surface area (Å²) in [6.45, 7) is 0.305. The topological polar surface area (TPSA) is 71.1 Å². The maximum atomic E-state index is 11.9. The molecule has 3 aromatic rings. The number of hydrogen-bond acceptors (Lipinski definition) is 4. The summed E-state index contributed by atoms with van der Waals surface area (Å²) < 4.78 is 11.6. The van der Waals surface area contributed by atoms with Crippen LogP contribution in [-0.2, 0) is 6.54 Å². The van der Waals surface area contributed by atoms with Crippen LogP contribution < -0.4 is 20.4 Å². The lowest BCUT2D eigenvalue weighted by molar-refractivity contribution is -0.677. The summed E-state index contributed by atoms with van der Waals surface area (Å²) >= 11 is 5.85. The van der Waals surface area contributed by atoms with Crippen LogP contribution in [0.15, 0.2) is 57.8 Å². The summed E-state index contributed by atoms with van der Waals surface area (Å²) in [6, 6.07) is 14.5. The predicted octanol–water partition coefficient (Wildman–Crippen LogP) is 2.52. The minimum Gasteiger partial charge on any atom is -0.497 e. The number of aromatic amines is 1. The maximum Gasteiger partial charge on any atom is 0.432 e. The monoisotopic (exact) mass is 332 g/mol. The standard InChI is InChI=1S/C16H14ClN3O3/c1-22-14-8-6-13(7-9-14)20-15(16(21)23-19-20)10-18-12-4-2-11(17)3-5-12/h2-9,18H,10H2,1H3/p+1. The Labute approximate surface area is 137 Å². The first-order valence-electron chi connectivity index (χ1n) is 6.93. The first-order valence-corrected chi connectivity index (χ1v) is 7.31. The lowest BCUT2D eigenvalue weighted by atomic mass is 10.3. The van der Waals surface area contributed by atoms with Crippen LogP contribution in [0.5, 0.6) is 5.75 Å². The Bertz CT molecular complexity index is 838. The molecule has 0 aliphatic heterocycles. The van der Waals surface area contributed by atoms with Gasteiger partial charge < -0.3 is 10.1 Å². The molecule has 0 bridgehead atoms. The fourth-order valence-corrected chi connectivity index (χ4v) is 2.26. The van der Waals surface area contributed by atoms with Gasteiger partial charge in [-0.25, -0.2) is 4.79 Å². The molecule has 3 rings (SSSR count). The Morgan fingerprint density at radius 3 is 2.52 bits per heavy atom. The van der Waals surface area contributed by atoms with E-state index in [0.29, 0.717) is 17.3 Å². The van der Waals surface area contributed by atoms with Crippen molar-refractivity contribution in [1.29, 1.82) is 0 Å². The second kappa shape index (κ2) is 6.58. The maximum absolute atomic E-state index is 11.9. The van der Waals surface area contributed by atoms with Gasteiger partial charge in [-0.05, 0) is 46.4 Å². The van der Waals surface area contributed by atoms with Crippen LogP contribution in [-0.4, -0.2) is 12.4 Å². The van der Waals surface area contributed by atoms with E-state index in [2.05, 4.69) is 10.6 Å². The molecule has 0 aliphatic rings. The number of methoxy groups -OCH3 is 1. The molecule has 0 spiro atoms. The third-order valence-corrected chi connectivity index (χ3v) is 3.62. The SMILES string of the molecule is COc1ccc(-[n+]2[nH]oc(=O)c2CNc2ccc(Cl)cc2)cc1. The van der Waals surface area contributed by atoms with Gasteiger partial charge in [0.2, 0.25) is 5.69 Å². The first kappa shape index (κ1) is 15.2. The summed E-state index contributed by atoms with van der Waals surface area (Å²) in [5.74, 6) is 0.737. The van der Waals surface area contributed by atoms with E-state index in [1.54, 1.807) is 23.9 Å². The van der Waals surface area contributed by atoms with Crippen molar-refractivity contribution in [3.63, 3.8) is 0 Å². The number of ether oxygens (including phenoxy) is 1. The molecule has 23 heavy (non-hydrogen) atoms. The van der Waals surface area contributed by atoms with Crippen molar-refractivity contribution < 1.29 is 13.9 Å². The fraction of sp³-hybridized carbons (Fsp3) is 0.125. The molecule has 0 aliphatic carbocycles. The van der Waals surface area contributed by atoms with E-state index in [0.717, 1.165) is 17.1 Å². The quantitative estimate of drug-likeness (QED) is 0.704. The number of rotatable bonds is 5. The second-order valence-corrected chi connectivity index (χ2v) is 5.26. The molecule has 0 unspecified atom stereocenters. The Morgan fingerprint density at radius 2 is 1.87 bits per heavy atom. The summed E-state index contributed by atoms with van der Waals surface area (Å²) in [4.78, 5) is 11.9. The normalized spacial score (nSPS) is 10.5. The van der Waals surface area contributed by atoms with Crippen LogP contribution in [0, 0.1) is 0 Å². The molecule has 0 atom stereocenters. The van der Waals surface area contributed by atoms with Gasteiger partial charge >= 0.3 is 11.3 Å². The minimum absolute atomic E-state index is 0.305. The molecular formula is C16H15ClN3O3+. The number of aromatic nitrogens is 2. The van der Waals surface area contributed by atoms with Crippen LogP contribution in [0.4, 0.5) is 5.69 Å². The van der Waals surface area contributed by atoms with Crippen molar-refractivity contribution in [2.24, 2.45) is 0 Å². The molecule has 0 amide bonds. The number of halogens is 1. The molecule has 0 fully saturated rings. The van der Waals surface area contributed by atoms with Gasteiger partial charge in [0.05, 0.1) is 7.11 Å². The zero-order valence-electron chi connectivity index (χ0n) is 12.4. The lowest BCUT2D eigenvalue weighted by Crippen LogP contribution is -2.39. The van der Waals surface area contributed by atoms with Gasteiger partial charge in [0.1, 0.15) is 12.3 Å². The van der Waals surface area contributed by atoms with Crippen LogP contribution in [0.3, 0.4) is 0 Å². The van der Waals surface area contributed by atoms with Crippen molar-refractivity contribution in [2.45, 2.75) is 6.54 Å². The molecule has 6 nitrogen and oxygen atoms in total. The number of nitrogens with zero attached hydrogens (tertiary/aromatic N) is 1. The molecule has 0 radical (unpaired) electrons. The Hall–Kier alpha value is -2.73. The van der Waals surface area contributed by atoms with E-state index in [1.165, 1.54) is 0 Å². The minimum atomic E-state index is -0.428. The summed E-state index contributed by atoms with van der Waals surface area (Å²) in [7, 11) is 1.60. The van der Waals surface area contributed by atoms with Crippen molar-refractivity contribution in [3.8, 4) is 11.4 Å². The van der Waals surface area contributed by atoms with E-state index < -0.39 is 5.63 Å².